The average molecular weight is 358 g/mol. The van der Waals surface area contributed by atoms with E-state index in [1.165, 1.54) is 41.8 Å². The smallest absolute Gasteiger partial charge is 0.251 e. The van der Waals surface area contributed by atoms with Crippen molar-refractivity contribution in [3.05, 3.63) is 88.2 Å². The standard InChI is InChI=1S/C24H26N2O/c1-17-6-5-7-19(14-17)16-25-24(27)20-10-12-22(13-11-20)26-18(2)15-21-8-3-4-9-23(21)26/h5-7,10-15H,3-4,8-9,16H2,1-2H3,(H,25,27). The summed E-state index contributed by atoms with van der Waals surface area (Å²) in [6, 6.07) is 18.5. The number of nitrogens with zero attached hydrogens (tertiary/aromatic N) is 1. The second-order valence-corrected chi connectivity index (χ2v) is 7.52. The highest BCUT2D eigenvalue weighted by molar-refractivity contribution is 5.94. The van der Waals surface area contributed by atoms with Gasteiger partial charge in [0.05, 0.1) is 0 Å². The van der Waals surface area contributed by atoms with E-state index in [1.807, 2.05) is 24.3 Å². The summed E-state index contributed by atoms with van der Waals surface area (Å²) in [6.45, 7) is 4.78. The van der Waals surface area contributed by atoms with Crippen molar-refractivity contribution in [2.45, 2.75) is 46.1 Å². The molecule has 0 radical (unpaired) electrons. The minimum absolute atomic E-state index is 0.0330. The topological polar surface area (TPSA) is 34.0 Å². The minimum Gasteiger partial charge on any atom is -0.348 e. The molecule has 1 aromatic heterocycles. The quantitative estimate of drug-likeness (QED) is 0.707. The molecule has 27 heavy (non-hydrogen) atoms. The van der Waals surface area contributed by atoms with E-state index in [0.29, 0.717) is 12.1 Å². The number of hydrogen-bond acceptors (Lipinski definition) is 1. The first-order chi connectivity index (χ1) is 13.1. The fourth-order valence-corrected chi connectivity index (χ4v) is 4.08. The molecule has 0 unspecified atom stereocenters. The Labute approximate surface area is 161 Å². The highest BCUT2D eigenvalue weighted by Crippen LogP contribution is 2.28. The zero-order valence-corrected chi connectivity index (χ0v) is 16.1. The number of aryl methyl sites for hydroxylation is 3. The minimum atomic E-state index is -0.0330. The number of carbonyl (C=O) groups is 1. The molecule has 1 amide bonds. The van der Waals surface area contributed by atoms with Crippen molar-refractivity contribution in [2.75, 3.05) is 0 Å². The number of aromatic nitrogens is 1. The Hall–Kier alpha value is -2.81. The molecular weight excluding hydrogens is 332 g/mol. The van der Waals surface area contributed by atoms with Gasteiger partial charge in [0.25, 0.3) is 5.91 Å². The molecule has 3 nitrogen and oxygen atoms in total. The first kappa shape index (κ1) is 17.6. The number of carbonyl (C=O) groups excluding carboxylic acids is 1. The van der Waals surface area contributed by atoms with Crippen molar-refractivity contribution in [3.63, 3.8) is 0 Å². The van der Waals surface area contributed by atoms with E-state index < -0.39 is 0 Å². The first-order valence-electron chi connectivity index (χ1n) is 9.76. The number of fused-ring (bicyclic) bond motifs is 1. The van der Waals surface area contributed by atoms with Crippen molar-refractivity contribution < 1.29 is 4.79 Å². The zero-order valence-electron chi connectivity index (χ0n) is 16.1. The molecule has 1 aliphatic carbocycles. The number of benzene rings is 2. The SMILES string of the molecule is Cc1cccc(CNC(=O)c2ccc(-n3c(C)cc4c3CCCC4)cc2)c1. The van der Waals surface area contributed by atoms with Crippen LogP contribution >= 0.6 is 0 Å². The molecule has 0 fully saturated rings. The summed E-state index contributed by atoms with van der Waals surface area (Å²) < 4.78 is 2.35. The Bertz CT molecular complexity index is 967. The largest absolute Gasteiger partial charge is 0.348 e. The molecule has 0 aliphatic heterocycles. The lowest BCUT2D eigenvalue weighted by molar-refractivity contribution is 0.0951. The lowest BCUT2D eigenvalue weighted by atomic mass is 9.98. The monoisotopic (exact) mass is 358 g/mol. The van der Waals surface area contributed by atoms with Crippen LogP contribution in [0.25, 0.3) is 5.69 Å². The van der Waals surface area contributed by atoms with Crippen LogP contribution in [-0.2, 0) is 19.4 Å². The van der Waals surface area contributed by atoms with Crippen LogP contribution < -0.4 is 5.32 Å². The van der Waals surface area contributed by atoms with Gasteiger partial charge in [0.15, 0.2) is 0 Å². The molecule has 0 spiro atoms. The lowest BCUT2D eigenvalue weighted by Gasteiger charge is -2.17. The highest BCUT2D eigenvalue weighted by Gasteiger charge is 2.17. The van der Waals surface area contributed by atoms with E-state index in [9.17, 15) is 4.79 Å². The Morgan fingerprint density at radius 2 is 1.78 bits per heavy atom. The second kappa shape index (κ2) is 7.43. The molecule has 3 aromatic rings. The summed E-state index contributed by atoms with van der Waals surface area (Å²) in [5, 5.41) is 3.01. The molecule has 2 aromatic carbocycles. The van der Waals surface area contributed by atoms with Gasteiger partial charge in [-0.2, -0.15) is 0 Å². The van der Waals surface area contributed by atoms with E-state index in [0.717, 1.165) is 17.7 Å². The van der Waals surface area contributed by atoms with Crippen LogP contribution in [0.4, 0.5) is 0 Å². The molecule has 0 atom stereocenters. The van der Waals surface area contributed by atoms with Crippen LogP contribution in [0.1, 0.15) is 51.3 Å². The second-order valence-electron chi connectivity index (χ2n) is 7.52. The molecule has 138 valence electrons. The predicted octanol–water partition coefficient (Wildman–Crippen LogP) is 4.90. The molecular formula is C24H26N2O. The molecule has 0 saturated heterocycles. The average Bonchev–Trinajstić information content (AvgIpc) is 3.02. The summed E-state index contributed by atoms with van der Waals surface area (Å²) in [7, 11) is 0. The third kappa shape index (κ3) is 3.68. The van der Waals surface area contributed by atoms with Crippen molar-refractivity contribution in [3.8, 4) is 5.69 Å². The molecule has 0 saturated carbocycles. The number of nitrogens with one attached hydrogen (secondary N) is 1. The Morgan fingerprint density at radius 3 is 2.56 bits per heavy atom. The van der Waals surface area contributed by atoms with Gasteiger partial charge in [-0.05, 0) is 81.0 Å². The molecule has 1 N–H and O–H groups in total. The van der Waals surface area contributed by atoms with E-state index in [4.69, 9.17) is 0 Å². The normalized spacial score (nSPS) is 13.3. The van der Waals surface area contributed by atoms with Gasteiger partial charge in [0.2, 0.25) is 0 Å². The van der Waals surface area contributed by atoms with Gasteiger partial charge < -0.3 is 9.88 Å². The van der Waals surface area contributed by atoms with Crippen molar-refractivity contribution >= 4 is 5.91 Å². The van der Waals surface area contributed by atoms with Crippen LogP contribution in [0, 0.1) is 13.8 Å². The van der Waals surface area contributed by atoms with Crippen LogP contribution in [0.2, 0.25) is 0 Å². The maximum atomic E-state index is 12.5. The summed E-state index contributed by atoms with van der Waals surface area (Å²) in [5.41, 5.74) is 8.37. The van der Waals surface area contributed by atoms with Crippen molar-refractivity contribution in [1.29, 1.82) is 0 Å². The predicted molar refractivity (Wildman–Crippen MR) is 109 cm³/mol. The van der Waals surface area contributed by atoms with Crippen LogP contribution in [0.3, 0.4) is 0 Å². The number of amides is 1. The third-order valence-electron chi connectivity index (χ3n) is 5.41. The summed E-state index contributed by atoms with van der Waals surface area (Å²) in [4.78, 5) is 12.5. The van der Waals surface area contributed by atoms with E-state index in [1.54, 1.807) is 0 Å². The summed E-state index contributed by atoms with van der Waals surface area (Å²) >= 11 is 0. The molecule has 3 heteroatoms. The fourth-order valence-electron chi connectivity index (χ4n) is 4.08. The van der Waals surface area contributed by atoms with E-state index in [2.05, 4.69) is 54.1 Å². The van der Waals surface area contributed by atoms with Gasteiger partial charge in [-0.1, -0.05) is 29.8 Å². The van der Waals surface area contributed by atoms with E-state index >= 15 is 0 Å². The van der Waals surface area contributed by atoms with Crippen LogP contribution in [0.15, 0.2) is 54.6 Å². The number of rotatable bonds is 4. The Kier molecular flexibility index (Phi) is 4.85. The van der Waals surface area contributed by atoms with E-state index in [-0.39, 0.29) is 5.91 Å². The number of hydrogen-bond donors (Lipinski definition) is 1. The third-order valence-corrected chi connectivity index (χ3v) is 5.41. The fraction of sp³-hybridized carbons (Fsp3) is 0.292. The highest BCUT2D eigenvalue weighted by atomic mass is 16.1. The summed E-state index contributed by atoms with van der Waals surface area (Å²) in [5.74, 6) is -0.0330. The molecule has 0 bridgehead atoms. The van der Waals surface area contributed by atoms with Gasteiger partial charge in [0, 0.05) is 29.2 Å². The Balaban J connectivity index is 1.49. The Morgan fingerprint density at radius 1 is 1.00 bits per heavy atom. The lowest BCUT2D eigenvalue weighted by Crippen LogP contribution is -2.22. The van der Waals surface area contributed by atoms with Crippen LogP contribution in [-0.4, -0.2) is 10.5 Å². The van der Waals surface area contributed by atoms with Gasteiger partial charge in [-0.15, -0.1) is 0 Å². The first-order valence-corrected chi connectivity index (χ1v) is 9.76. The van der Waals surface area contributed by atoms with Gasteiger partial charge in [-0.25, -0.2) is 0 Å². The van der Waals surface area contributed by atoms with Gasteiger partial charge >= 0.3 is 0 Å². The molecule has 4 rings (SSSR count). The maximum Gasteiger partial charge on any atom is 0.251 e. The maximum absolute atomic E-state index is 12.5. The van der Waals surface area contributed by atoms with Crippen molar-refractivity contribution in [1.82, 2.24) is 9.88 Å². The summed E-state index contributed by atoms with van der Waals surface area (Å²) in [6.07, 6.45) is 4.87. The van der Waals surface area contributed by atoms with Gasteiger partial charge in [0.1, 0.15) is 0 Å². The molecule has 1 heterocycles. The van der Waals surface area contributed by atoms with Gasteiger partial charge in [-0.3, -0.25) is 4.79 Å². The molecule has 1 aliphatic rings. The zero-order chi connectivity index (χ0) is 18.8. The van der Waals surface area contributed by atoms with Crippen molar-refractivity contribution in [2.24, 2.45) is 0 Å². The van der Waals surface area contributed by atoms with Crippen LogP contribution in [0.5, 0.6) is 0 Å².